The van der Waals surface area contributed by atoms with Gasteiger partial charge in [-0.05, 0) is 127 Å². The van der Waals surface area contributed by atoms with Crippen LogP contribution in [0.2, 0.25) is 0 Å². The monoisotopic (exact) mass is 3810 g/mol. The third-order valence-corrected chi connectivity index (χ3v) is 21.0. The van der Waals surface area contributed by atoms with Gasteiger partial charge >= 0.3 is 1190 Å². The average Bonchev–Trinajstić information content (AvgIpc) is 0.880. The van der Waals surface area contributed by atoms with Crippen molar-refractivity contribution in [2.75, 3.05) is 0 Å². The second-order valence-corrected chi connectivity index (χ2v) is 26.4. The van der Waals surface area contributed by atoms with Gasteiger partial charge in [0.15, 0.2) is 0 Å². The summed E-state index contributed by atoms with van der Waals surface area (Å²) in [4.78, 5) is 0. The fourth-order valence-electron chi connectivity index (χ4n) is 16.3. The second-order valence-electron chi connectivity index (χ2n) is 26.4. The zero-order valence-corrected chi connectivity index (χ0v) is 238. The molecule has 9 saturated carbocycles. The Kier molecular flexibility index (Phi) is 393. The zero-order chi connectivity index (χ0) is 73.5. The van der Waals surface area contributed by atoms with E-state index in [0.717, 1.165) is 1100 Å². The van der Waals surface area contributed by atoms with Gasteiger partial charge in [-0.15, -0.1) is 0 Å². The fourth-order valence-corrected chi connectivity index (χ4v) is 16.3. The van der Waals surface area contributed by atoms with Gasteiger partial charge in [-0.25, -0.2) is 0 Å². The van der Waals surface area contributed by atoms with Crippen LogP contribution >= 0.6 is 0 Å². The molecule has 0 aromatic rings. The van der Waals surface area contributed by atoms with E-state index in [2.05, 4.69) is 40.0 Å². The Bertz CT molecular complexity index is 1200. The summed E-state index contributed by atoms with van der Waals surface area (Å²) in [6.07, 6.45) is 71.5. The van der Waals surface area contributed by atoms with Crippen molar-refractivity contribution in [2.45, 2.75) is 357 Å². The number of hydrogen-bond acceptors (Lipinski definition) is 0. The first-order chi connectivity index (χ1) is 45.9. The van der Waals surface area contributed by atoms with Gasteiger partial charge in [-0.3, -0.25) is 0 Å². The van der Waals surface area contributed by atoms with E-state index >= 15 is 0 Å². The Balaban J connectivity index is -0.0000000436. The summed E-state index contributed by atoms with van der Waals surface area (Å²) in [5.41, 5.74) is 0. The van der Waals surface area contributed by atoms with Gasteiger partial charge in [-0.1, -0.05) is 280 Å². The molecular weight excluding hydrogens is 3690 g/mol. The van der Waals surface area contributed by atoms with Gasteiger partial charge < -0.3 is 19.3 Å². The van der Waals surface area contributed by atoms with Crippen LogP contribution in [0.4, 0.5) is 0 Å². The molecule has 0 unspecified atom stereocenters. The van der Waals surface area contributed by atoms with E-state index in [4.69, 9.17) is 0 Å². The summed E-state index contributed by atoms with van der Waals surface area (Å²) in [6.45, 7) is 7.33. The number of hydrogen-bond donors (Lipinski definition) is 0. The van der Waals surface area contributed by atoms with E-state index in [-0.39, 0.29) is 241 Å². The van der Waals surface area contributed by atoms with Crippen molar-refractivity contribution in [3.63, 3.8) is 0 Å². The SMILES string of the molecule is C.C.C.C.C.C.C.C.C.CC1CCC(CC2CCC(CC3CCC(CC4CC[CH-]CC4)CC3)CC2)CC1.CC1CCC(CC2CCC(CC3CC[CH-]CC3)CC2)CC1.CC1CCC(CC2CC[CH-]CC2)CC1.[Rb+].[Rb+].[Rb+].[Rb][Rb].[Rb][Rb].[Rb][Rb].[Rb][Rb].[Rb][Rb].[Rb][Rb].[Rb][Rb].[Rb][Rb].[Rb][Rb].[Rb][Rb].[Rb][Rb].[Rb][Rb].[Rb][Rb].[Rb][Rb].[Rb][Rb]. The second kappa shape index (κ2) is 193. The number of rotatable bonds is 12. The summed E-state index contributed by atoms with van der Waals surface area (Å²) >= 11 is 34.8. The Labute approximate surface area is 1560 Å². The van der Waals surface area contributed by atoms with Crippen LogP contribution in [-0.2, 0) is 0 Å². The molecule has 0 atom stereocenters. The maximum atomic E-state index is 2.53. The molecule has 0 nitrogen and oxygen atoms in total. The molecule has 0 amide bonds. The fraction of sp³-hybridized carbons (Fsp3) is 0.958. The summed E-state index contributed by atoms with van der Waals surface area (Å²) < 4.78 is 0. The first-order valence-corrected chi connectivity index (χ1v) is 555. The Morgan fingerprint density at radius 1 is 0.152 bits per heavy atom. The molecule has 9 aliphatic rings. The Hall–Kier alpha value is 59.6. The Morgan fingerprint density at radius 2 is 0.229 bits per heavy atom. The molecule has 0 heterocycles. The van der Waals surface area contributed by atoms with Crippen molar-refractivity contribution < 1.29 is 175 Å². The Morgan fingerprint density at radius 3 is 0.324 bits per heavy atom. The van der Waals surface area contributed by atoms with Crippen LogP contribution in [0.25, 0.3) is 0 Å². The summed E-state index contributed by atoms with van der Waals surface area (Å²) in [5, 5.41) is 0. The van der Waals surface area contributed by atoms with Gasteiger partial charge in [0.1, 0.15) is 0 Å². The van der Waals surface area contributed by atoms with Crippen molar-refractivity contribution in [1.29, 1.82) is 0 Å². The molecule has 0 aromatic carbocycles. The molecule has 468 valence electrons. The first kappa shape index (κ1) is 214. The minimum atomic E-state index is 0. The van der Waals surface area contributed by atoms with Crippen molar-refractivity contribution in [1.82, 2.24) is 0 Å². The average molecular weight is 3830 g/mol. The normalized spacial score (nSPS) is 24.7. The molecule has 0 spiro atoms. The molecule has 0 aromatic heterocycles. The van der Waals surface area contributed by atoms with Crippen molar-refractivity contribution in [3.05, 3.63) is 19.3 Å². The zero-order valence-electron chi connectivity index (χ0n) is 76.1. The molecule has 9 aliphatic carbocycles. The standard InChI is InChI=1S/C28H49.C21H37.C14H25.9CH4.33Rb/c1-22-7-9-24(10-8-22)20-26-15-17-28(18-16-26)21-27-13-11-25(12-14-27)19-23-5-3-2-4-6-23;1-17-7-9-19(10-8-17)16-21-13-11-20(12-14-21)15-18-5-3-2-4-6-18;1-12-7-9-14(10-8-12)11-13-5-3-2-4-6-13;;;;;;;;;;;;;;;;;;;;;;;;;;;;;;;;;;;;;;;;;;/h2,22-28H,3-21H2,1H3;2,17-21H,3-16H2,1H3;2,12-14H,3-11H2,1H3;9*1H4;;;;;;;;;;;;;;;;;;;;;;;;;;;;;;;;;/q3*-1;;;;;;;;;;;;;;;;;;;;;;;;;;;;;;;;;;;;;;;;3*+1. The summed E-state index contributed by atoms with van der Waals surface area (Å²) in [7, 11) is 0. The molecule has 33 heteroatoms. The van der Waals surface area contributed by atoms with Gasteiger partial charge in [0.25, 0.3) is 0 Å². The van der Waals surface area contributed by atoms with Gasteiger partial charge in [0.05, 0.1) is 0 Å². The van der Waals surface area contributed by atoms with Crippen molar-refractivity contribution >= 4 is 1020 Å². The maximum absolute atomic E-state index is 2.53. The van der Waals surface area contributed by atoms with Crippen LogP contribution < -0.4 is 175 Å². The topological polar surface area (TPSA) is 0 Å². The van der Waals surface area contributed by atoms with E-state index in [1.807, 2.05) is 0 Å². The molecule has 0 saturated heterocycles. The van der Waals surface area contributed by atoms with Crippen LogP contribution in [-0.4, -0.2) is 1020 Å². The summed E-state index contributed by atoms with van der Waals surface area (Å²) in [5.74, 6) is 16.1. The van der Waals surface area contributed by atoms with Crippen molar-refractivity contribution in [2.24, 2.45) is 88.8 Å². The van der Waals surface area contributed by atoms with E-state index in [9.17, 15) is 0 Å². The van der Waals surface area contributed by atoms with Gasteiger partial charge in [0, 0.05) is 0 Å². The summed E-state index contributed by atoms with van der Waals surface area (Å²) in [6, 6.07) is 0. The van der Waals surface area contributed by atoms with Crippen LogP contribution in [0.15, 0.2) is 0 Å². The molecule has 0 aliphatic heterocycles. The predicted octanol–water partition coefficient (Wildman–Crippen LogP) is 5.69. The molecule has 9 fully saturated rings. The molecule has 9 rings (SSSR count). The molecule has 0 bridgehead atoms. The third kappa shape index (κ3) is 152. The molecule has 105 heavy (non-hydrogen) atoms. The molecule has 0 N–H and O–H groups in total. The minimum absolute atomic E-state index is 0. The first-order valence-electron chi connectivity index (χ1n) is 45.3. The van der Waals surface area contributed by atoms with Crippen LogP contribution in [0.3, 0.4) is 0 Å². The molecular formula is C72H147Rb33. The van der Waals surface area contributed by atoms with E-state index in [1.54, 1.807) is 141 Å². The quantitative estimate of drug-likeness (QED) is 0.221. The van der Waals surface area contributed by atoms with Crippen molar-refractivity contribution in [3.8, 4) is 0 Å². The van der Waals surface area contributed by atoms with Crippen LogP contribution in [0.5, 0.6) is 0 Å². The van der Waals surface area contributed by atoms with E-state index in [1.165, 1.54) is 128 Å². The van der Waals surface area contributed by atoms with E-state index < -0.39 is 0 Å². The molecule has 0 radical (unpaired) electrons. The van der Waals surface area contributed by atoms with Gasteiger partial charge in [-0.2, -0.15) is 38.5 Å². The van der Waals surface area contributed by atoms with Gasteiger partial charge in [0.2, 0.25) is 0 Å². The van der Waals surface area contributed by atoms with Crippen LogP contribution in [0.1, 0.15) is 357 Å². The third-order valence-electron chi connectivity index (χ3n) is 21.0. The van der Waals surface area contributed by atoms with E-state index in [0.29, 0.717) is 0 Å². The van der Waals surface area contributed by atoms with Crippen LogP contribution in [0, 0.1) is 108 Å². The predicted molar refractivity (Wildman–Crippen MR) is 509 cm³/mol.